The van der Waals surface area contributed by atoms with Gasteiger partial charge < -0.3 is 4.90 Å². The van der Waals surface area contributed by atoms with E-state index in [1.165, 1.54) is 18.6 Å². The van der Waals surface area contributed by atoms with Gasteiger partial charge in [-0.2, -0.15) is 0 Å². The maximum Gasteiger partial charge on any atom is 0.270 e. The topological polar surface area (TPSA) is 63.4 Å². The number of nitrogens with zero attached hydrogens (tertiary/aromatic N) is 2. The van der Waals surface area contributed by atoms with Gasteiger partial charge in [0.05, 0.1) is 10.5 Å². The molecule has 6 heteroatoms. The molecule has 1 fully saturated rings. The summed E-state index contributed by atoms with van der Waals surface area (Å²) in [5.74, 6) is -0.0833. The fourth-order valence-corrected chi connectivity index (χ4v) is 2.98. The Kier molecular flexibility index (Phi) is 5.33. The number of hydrogen-bond acceptors (Lipinski definition) is 3. The molecular weight excluding hydrogens is 371 g/mol. The third-order valence-corrected chi connectivity index (χ3v) is 4.48. The van der Waals surface area contributed by atoms with Crippen LogP contribution < -0.4 is 0 Å². The van der Waals surface area contributed by atoms with E-state index in [0.717, 1.165) is 42.3 Å². The quantitative estimate of drug-likeness (QED) is 0.442. The molecule has 0 N–H and O–H groups in total. The minimum atomic E-state index is -0.458. The van der Waals surface area contributed by atoms with Crippen molar-refractivity contribution in [1.29, 1.82) is 0 Å². The van der Waals surface area contributed by atoms with Crippen LogP contribution in [0.15, 0.2) is 18.2 Å². The van der Waals surface area contributed by atoms with Crippen molar-refractivity contribution in [3.63, 3.8) is 0 Å². The monoisotopic (exact) mass is 388 g/mol. The highest BCUT2D eigenvalue weighted by Crippen LogP contribution is 2.22. The number of rotatable bonds is 2. The van der Waals surface area contributed by atoms with Gasteiger partial charge in [0.1, 0.15) is 0 Å². The molecule has 1 aromatic carbocycles. The molecule has 108 valence electrons. The van der Waals surface area contributed by atoms with Gasteiger partial charge in [-0.25, -0.2) is 0 Å². The van der Waals surface area contributed by atoms with Crippen molar-refractivity contribution in [1.82, 2.24) is 4.90 Å². The highest BCUT2D eigenvalue weighted by Gasteiger charge is 2.21. The zero-order chi connectivity index (χ0) is 14.5. The molecule has 1 saturated heterocycles. The third-order valence-electron chi connectivity index (χ3n) is 3.53. The first-order valence-corrected chi connectivity index (χ1v) is 7.90. The van der Waals surface area contributed by atoms with Crippen LogP contribution in [0.5, 0.6) is 0 Å². The van der Waals surface area contributed by atoms with Gasteiger partial charge in [-0.15, -0.1) is 0 Å². The normalized spacial score (nSPS) is 16.4. The Morgan fingerprint density at radius 1 is 1.15 bits per heavy atom. The van der Waals surface area contributed by atoms with Crippen LogP contribution in [0, 0.1) is 13.7 Å². The summed E-state index contributed by atoms with van der Waals surface area (Å²) in [6.45, 7) is 1.50. The molecule has 2 rings (SSSR count). The van der Waals surface area contributed by atoms with Crippen molar-refractivity contribution >= 4 is 34.2 Å². The number of likely N-dealkylation sites (tertiary alicyclic amines) is 1. The highest BCUT2D eigenvalue weighted by molar-refractivity contribution is 14.1. The summed E-state index contributed by atoms with van der Waals surface area (Å²) in [4.78, 5) is 24.8. The second-order valence-electron chi connectivity index (χ2n) is 4.98. The fraction of sp³-hybridized carbons (Fsp3) is 0.500. The van der Waals surface area contributed by atoms with Crippen LogP contribution in [0.1, 0.15) is 42.5 Å². The van der Waals surface area contributed by atoms with E-state index in [4.69, 9.17) is 0 Å². The summed E-state index contributed by atoms with van der Waals surface area (Å²) in [5.41, 5.74) is 0.418. The minimum absolute atomic E-state index is 0.0270. The summed E-state index contributed by atoms with van der Waals surface area (Å²) in [7, 11) is 0. The number of carbonyl (C=O) groups is 1. The van der Waals surface area contributed by atoms with Crippen molar-refractivity contribution in [2.75, 3.05) is 13.1 Å². The second kappa shape index (κ2) is 7.01. The number of hydrogen-bond donors (Lipinski definition) is 0. The summed E-state index contributed by atoms with van der Waals surface area (Å²) >= 11 is 2.06. The molecule has 1 heterocycles. The van der Waals surface area contributed by atoms with Gasteiger partial charge in [0.25, 0.3) is 11.6 Å². The standard InChI is InChI=1S/C14H17IN2O3/c15-13-7-6-11(17(19)20)10-12(13)14(18)16-8-4-2-1-3-5-9-16/h6-7,10H,1-5,8-9H2. The van der Waals surface area contributed by atoms with Gasteiger partial charge in [-0.05, 0) is 41.5 Å². The molecule has 0 radical (unpaired) electrons. The molecule has 5 nitrogen and oxygen atoms in total. The van der Waals surface area contributed by atoms with Crippen LogP contribution in [0.3, 0.4) is 0 Å². The molecule has 0 unspecified atom stereocenters. The van der Waals surface area contributed by atoms with Crippen LogP contribution in [0.2, 0.25) is 0 Å². The molecular formula is C14H17IN2O3. The number of nitro groups is 1. The largest absolute Gasteiger partial charge is 0.339 e. The van der Waals surface area contributed by atoms with Crippen molar-refractivity contribution in [3.05, 3.63) is 37.4 Å². The number of non-ortho nitro benzene ring substituents is 1. The molecule has 0 bridgehead atoms. The van der Waals surface area contributed by atoms with E-state index in [0.29, 0.717) is 5.56 Å². The molecule has 0 aromatic heterocycles. The first-order valence-electron chi connectivity index (χ1n) is 6.83. The van der Waals surface area contributed by atoms with Gasteiger partial charge in [0.15, 0.2) is 0 Å². The summed E-state index contributed by atoms with van der Waals surface area (Å²) in [6, 6.07) is 4.46. The zero-order valence-electron chi connectivity index (χ0n) is 11.2. The molecule has 1 aromatic rings. The number of amides is 1. The lowest BCUT2D eigenvalue weighted by atomic mass is 10.1. The van der Waals surface area contributed by atoms with Crippen LogP contribution in [0.4, 0.5) is 5.69 Å². The Morgan fingerprint density at radius 3 is 2.35 bits per heavy atom. The Morgan fingerprint density at radius 2 is 1.75 bits per heavy atom. The fourth-order valence-electron chi connectivity index (χ4n) is 2.41. The second-order valence-corrected chi connectivity index (χ2v) is 6.14. The first kappa shape index (κ1) is 15.2. The van der Waals surface area contributed by atoms with Crippen LogP contribution >= 0.6 is 22.6 Å². The lowest BCUT2D eigenvalue weighted by Crippen LogP contribution is -2.34. The lowest BCUT2D eigenvalue weighted by molar-refractivity contribution is -0.384. The molecule has 1 amide bonds. The van der Waals surface area contributed by atoms with E-state index >= 15 is 0 Å². The third kappa shape index (κ3) is 3.68. The molecule has 0 saturated carbocycles. The van der Waals surface area contributed by atoms with Gasteiger partial charge in [-0.1, -0.05) is 19.3 Å². The number of nitro benzene ring substituents is 1. The average Bonchev–Trinajstić information content (AvgIpc) is 2.38. The van der Waals surface area contributed by atoms with Crippen LogP contribution in [-0.2, 0) is 0 Å². The summed E-state index contributed by atoms with van der Waals surface area (Å²) in [5, 5.41) is 10.8. The Hall–Kier alpha value is -1.18. The van der Waals surface area contributed by atoms with E-state index in [2.05, 4.69) is 22.6 Å². The maximum absolute atomic E-state index is 12.6. The van der Waals surface area contributed by atoms with Crippen LogP contribution in [-0.4, -0.2) is 28.8 Å². The first-order chi connectivity index (χ1) is 9.59. The average molecular weight is 388 g/mol. The smallest absolute Gasteiger partial charge is 0.270 e. The Bertz CT molecular complexity index is 511. The summed E-state index contributed by atoms with van der Waals surface area (Å²) < 4.78 is 0.764. The molecule has 0 atom stereocenters. The predicted octanol–water partition coefficient (Wildman–Crippen LogP) is 3.61. The molecule has 20 heavy (non-hydrogen) atoms. The summed E-state index contributed by atoms with van der Waals surface area (Å²) in [6.07, 6.45) is 5.55. The predicted molar refractivity (Wildman–Crippen MR) is 84.8 cm³/mol. The SMILES string of the molecule is O=C(c1cc([N+](=O)[O-])ccc1I)N1CCCCCCC1. The van der Waals surface area contributed by atoms with Crippen molar-refractivity contribution < 1.29 is 9.72 Å². The van der Waals surface area contributed by atoms with Crippen molar-refractivity contribution in [2.24, 2.45) is 0 Å². The number of carbonyl (C=O) groups excluding carboxylic acids is 1. The molecule has 0 aliphatic carbocycles. The van der Waals surface area contributed by atoms with Gasteiger partial charge in [0.2, 0.25) is 0 Å². The highest BCUT2D eigenvalue weighted by atomic mass is 127. The lowest BCUT2D eigenvalue weighted by Gasteiger charge is -2.25. The molecule has 1 aliphatic heterocycles. The van der Waals surface area contributed by atoms with E-state index in [-0.39, 0.29) is 11.6 Å². The van der Waals surface area contributed by atoms with E-state index < -0.39 is 4.92 Å². The number of benzene rings is 1. The van der Waals surface area contributed by atoms with E-state index in [1.54, 1.807) is 6.07 Å². The maximum atomic E-state index is 12.6. The van der Waals surface area contributed by atoms with E-state index in [1.807, 2.05) is 4.90 Å². The Labute approximate surface area is 131 Å². The van der Waals surface area contributed by atoms with Crippen molar-refractivity contribution in [2.45, 2.75) is 32.1 Å². The zero-order valence-corrected chi connectivity index (χ0v) is 13.3. The van der Waals surface area contributed by atoms with Gasteiger partial charge in [-0.3, -0.25) is 14.9 Å². The Balaban J connectivity index is 2.22. The molecule has 1 aliphatic rings. The van der Waals surface area contributed by atoms with Gasteiger partial charge >= 0.3 is 0 Å². The van der Waals surface area contributed by atoms with Crippen LogP contribution in [0.25, 0.3) is 0 Å². The minimum Gasteiger partial charge on any atom is -0.339 e. The van der Waals surface area contributed by atoms with Crippen molar-refractivity contribution in [3.8, 4) is 0 Å². The molecule has 0 spiro atoms. The van der Waals surface area contributed by atoms with E-state index in [9.17, 15) is 14.9 Å². The number of halogens is 1. The van der Waals surface area contributed by atoms with Gasteiger partial charge in [0, 0.05) is 28.8 Å².